The van der Waals surface area contributed by atoms with Crippen LogP contribution in [0.1, 0.15) is 6.92 Å². The molecule has 1 aliphatic carbocycles. The van der Waals surface area contributed by atoms with Crippen molar-refractivity contribution in [3.05, 3.63) is 84.9 Å². The predicted molar refractivity (Wildman–Crippen MR) is 150 cm³/mol. The Morgan fingerprint density at radius 1 is 0.738 bits per heavy atom. The Morgan fingerprint density at radius 2 is 1.21 bits per heavy atom. The number of hydrogen-bond donors (Lipinski definition) is 5. The molecular weight excluding hydrogens is 544 g/mol. The molecular formula is C32H30O10. The van der Waals surface area contributed by atoms with Crippen molar-refractivity contribution in [3.63, 3.8) is 0 Å². The van der Waals surface area contributed by atoms with Gasteiger partial charge in [0.1, 0.15) is 36.4 Å². The third kappa shape index (κ3) is 3.95. The van der Waals surface area contributed by atoms with Gasteiger partial charge in [-0.3, -0.25) is 9.59 Å². The molecule has 1 saturated carbocycles. The van der Waals surface area contributed by atoms with Crippen molar-refractivity contribution >= 4 is 33.1 Å². The van der Waals surface area contributed by atoms with Crippen molar-refractivity contribution in [1.82, 2.24) is 0 Å². The summed E-state index contributed by atoms with van der Waals surface area (Å²) in [5, 5.41) is 60.0. The van der Waals surface area contributed by atoms with E-state index < -0.39 is 66.0 Å². The van der Waals surface area contributed by atoms with Crippen LogP contribution in [0, 0.1) is 5.92 Å². The van der Waals surface area contributed by atoms with E-state index in [4.69, 9.17) is 14.2 Å². The molecule has 10 heteroatoms. The Hall–Kier alpha value is -3.90. The molecule has 0 radical (unpaired) electrons. The van der Waals surface area contributed by atoms with E-state index in [9.17, 15) is 35.1 Å². The van der Waals surface area contributed by atoms with Gasteiger partial charge < -0.3 is 39.7 Å². The average molecular weight is 575 g/mol. The Kier molecular flexibility index (Phi) is 6.81. The topological polar surface area (TPSA) is 163 Å². The molecule has 2 aliphatic rings. The molecule has 42 heavy (non-hydrogen) atoms. The van der Waals surface area contributed by atoms with Crippen molar-refractivity contribution in [1.29, 1.82) is 0 Å². The van der Waals surface area contributed by atoms with Crippen LogP contribution in [0.25, 0.3) is 21.5 Å². The minimum Gasteiger partial charge on any atom is -0.486 e. The monoisotopic (exact) mass is 574 g/mol. The predicted octanol–water partition coefficient (Wildman–Crippen LogP) is 1.51. The molecule has 4 aromatic rings. The number of carbonyl (C=O) groups excluding carboxylic acids is 2. The molecule has 0 bridgehead atoms. The maximum Gasteiger partial charge on any atom is 0.216 e. The first-order valence-corrected chi connectivity index (χ1v) is 13.5. The van der Waals surface area contributed by atoms with Gasteiger partial charge in [-0.1, -0.05) is 67.6 Å². The summed E-state index contributed by atoms with van der Waals surface area (Å²) >= 11 is 0. The molecule has 2 unspecified atom stereocenters. The van der Waals surface area contributed by atoms with Crippen molar-refractivity contribution in [2.45, 2.75) is 42.2 Å². The Balaban J connectivity index is 1.30. The lowest BCUT2D eigenvalue weighted by molar-refractivity contribution is -0.428. The summed E-state index contributed by atoms with van der Waals surface area (Å²) in [6.07, 6.45) is -5.57. The number of rotatable bonds is 8. The van der Waals surface area contributed by atoms with Crippen molar-refractivity contribution < 1.29 is 49.3 Å². The molecule has 1 saturated heterocycles. The smallest absolute Gasteiger partial charge is 0.216 e. The maximum atomic E-state index is 13.8. The van der Waals surface area contributed by atoms with Gasteiger partial charge >= 0.3 is 0 Å². The second-order valence-corrected chi connectivity index (χ2v) is 10.9. The highest BCUT2D eigenvalue weighted by atomic mass is 16.7. The number of ketones is 2. The Morgan fingerprint density at radius 3 is 1.74 bits per heavy atom. The summed E-state index contributed by atoms with van der Waals surface area (Å²) in [6.45, 7) is -0.463. The first-order chi connectivity index (χ1) is 20.0. The highest BCUT2D eigenvalue weighted by molar-refractivity contribution is 6.02. The van der Waals surface area contributed by atoms with Gasteiger partial charge in [0.2, 0.25) is 17.2 Å². The van der Waals surface area contributed by atoms with Crippen LogP contribution in [0.4, 0.5) is 0 Å². The first kappa shape index (κ1) is 28.2. The molecule has 0 aromatic heterocycles. The highest BCUT2D eigenvalue weighted by Gasteiger charge is 2.84. The summed E-state index contributed by atoms with van der Waals surface area (Å²) in [4.78, 5) is 27.3. The second kappa shape index (κ2) is 10.1. The van der Waals surface area contributed by atoms with Crippen LogP contribution in [0.15, 0.2) is 84.9 Å². The van der Waals surface area contributed by atoms with E-state index in [1.807, 2.05) is 48.5 Å². The normalized spacial score (nSPS) is 32.1. The zero-order chi connectivity index (χ0) is 29.9. The van der Waals surface area contributed by atoms with Crippen molar-refractivity contribution in [2.75, 3.05) is 13.2 Å². The van der Waals surface area contributed by atoms with Gasteiger partial charge in [-0.25, -0.2) is 0 Å². The number of benzene rings is 4. The number of hydrogen-bond acceptors (Lipinski definition) is 10. The molecule has 0 amide bonds. The average Bonchev–Trinajstić information content (AvgIpc) is 3.02. The van der Waals surface area contributed by atoms with E-state index in [0.717, 1.165) is 21.5 Å². The first-order valence-electron chi connectivity index (χ1n) is 13.5. The molecule has 2 fully saturated rings. The lowest BCUT2D eigenvalue weighted by atomic mass is 9.49. The van der Waals surface area contributed by atoms with Gasteiger partial charge in [0, 0.05) is 5.92 Å². The third-order valence-electron chi connectivity index (χ3n) is 8.72. The number of aliphatic hydroxyl groups excluding tert-OH is 2. The summed E-state index contributed by atoms with van der Waals surface area (Å²) in [5.74, 6) is -3.37. The second-order valence-electron chi connectivity index (χ2n) is 10.9. The van der Waals surface area contributed by atoms with Gasteiger partial charge in [0.05, 0.1) is 6.10 Å². The molecule has 0 spiro atoms. The fourth-order valence-corrected chi connectivity index (χ4v) is 6.17. The highest BCUT2D eigenvalue weighted by Crippen LogP contribution is 2.56. The number of aliphatic hydroxyl groups is 5. The van der Waals surface area contributed by atoms with Crippen LogP contribution in [-0.4, -0.2) is 85.6 Å². The SMILES string of the molecule is CC1C(O)[C@H]2O[C@@H](O)[C@](O)(C(=O)COc3ccc4ccccc4c3)[C@](O)(C(=O)COc3ccc4ccccc4c3)[C@@]12O. The lowest BCUT2D eigenvalue weighted by Gasteiger charge is -2.66. The van der Waals surface area contributed by atoms with Crippen LogP contribution in [0.2, 0.25) is 0 Å². The minimum absolute atomic E-state index is 0.246. The van der Waals surface area contributed by atoms with Gasteiger partial charge in [0.25, 0.3) is 0 Å². The summed E-state index contributed by atoms with van der Waals surface area (Å²) < 4.78 is 16.5. The molecule has 218 valence electrons. The van der Waals surface area contributed by atoms with E-state index in [-0.39, 0.29) is 11.5 Å². The standard InChI is InChI=1S/C32H30O10/c1-18-27(35)28-30(18,37)32(39,26(34)17-41-24-13-11-20-7-3-5-9-22(20)15-24)31(38,29(36)42-28)25(33)16-40-23-12-10-19-6-2-4-8-21(19)14-23/h2-15,18,27-29,35-39H,16-17H2,1H3/t18?,27?,28-,29-,30-,31-,32+/m1/s1. The largest absolute Gasteiger partial charge is 0.486 e. The quantitative estimate of drug-likeness (QED) is 0.208. The maximum absolute atomic E-state index is 13.8. The van der Waals surface area contributed by atoms with Crippen LogP contribution in [0.5, 0.6) is 11.5 Å². The molecule has 1 heterocycles. The van der Waals surface area contributed by atoms with Crippen LogP contribution < -0.4 is 9.47 Å². The number of Topliss-reactive ketones (excluding diaryl/α,β-unsaturated/α-hetero) is 2. The minimum atomic E-state index is -3.38. The molecule has 4 aromatic carbocycles. The number of fused-ring (bicyclic) bond motifs is 3. The van der Waals surface area contributed by atoms with E-state index in [0.29, 0.717) is 0 Å². The van der Waals surface area contributed by atoms with E-state index in [2.05, 4.69) is 0 Å². The van der Waals surface area contributed by atoms with Crippen molar-refractivity contribution in [3.8, 4) is 11.5 Å². The van der Waals surface area contributed by atoms with E-state index in [1.54, 1.807) is 36.4 Å². The van der Waals surface area contributed by atoms with Gasteiger partial charge in [-0.15, -0.1) is 0 Å². The van der Waals surface area contributed by atoms with E-state index in [1.165, 1.54) is 6.92 Å². The zero-order valence-corrected chi connectivity index (χ0v) is 22.6. The Bertz CT molecular complexity index is 1690. The van der Waals surface area contributed by atoms with Crippen LogP contribution >= 0.6 is 0 Å². The molecule has 7 atom stereocenters. The third-order valence-corrected chi connectivity index (χ3v) is 8.72. The number of carbonyl (C=O) groups is 2. The van der Waals surface area contributed by atoms with Crippen molar-refractivity contribution in [2.24, 2.45) is 5.92 Å². The molecule has 10 nitrogen and oxygen atoms in total. The zero-order valence-electron chi connectivity index (χ0n) is 22.6. The van der Waals surface area contributed by atoms with Gasteiger partial charge in [0.15, 0.2) is 11.9 Å². The van der Waals surface area contributed by atoms with Gasteiger partial charge in [-0.2, -0.15) is 0 Å². The fraction of sp³-hybridized carbons (Fsp3) is 0.312. The molecule has 6 rings (SSSR count). The lowest BCUT2D eigenvalue weighted by Crippen LogP contribution is -2.93. The molecule has 5 N–H and O–H groups in total. The molecule has 1 aliphatic heterocycles. The Labute approximate surface area is 240 Å². The number of ether oxygens (including phenoxy) is 3. The van der Waals surface area contributed by atoms with Gasteiger partial charge in [-0.05, 0) is 45.8 Å². The van der Waals surface area contributed by atoms with Crippen LogP contribution in [-0.2, 0) is 14.3 Å². The summed E-state index contributed by atoms with van der Waals surface area (Å²) in [7, 11) is 0. The summed E-state index contributed by atoms with van der Waals surface area (Å²) in [6, 6.07) is 24.9. The fourth-order valence-electron chi connectivity index (χ4n) is 6.17. The summed E-state index contributed by atoms with van der Waals surface area (Å²) in [5.41, 5.74) is -9.38. The van der Waals surface area contributed by atoms with E-state index >= 15 is 0 Å². The van der Waals surface area contributed by atoms with Crippen LogP contribution in [0.3, 0.4) is 0 Å².